The lowest BCUT2D eigenvalue weighted by Gasteiger charge is -2.12. The van der Waals surface area contributed by atoms with Crippen molar-refractivity contribution in [2.75, 3.05) is 25.4 Å². The second-order valence-electron chi connectivity index (χ2n) is 5.63. The number of ether oxygens (including phenoxy) is 1. The van der Waals surface area contributed by atoms with E-state index in [-0.39, 0.29) is 28.7 Å². The number of benzene rings is 2. The van der Waals surface area contributed by atoms with Crippen LogP contribution in [0.1, 0.15) is 27.6 Å². The highest BCUT2D eigenvalue weighted by molar-refractivity contribution is 7.92. The molecule has 0 bridgehead atoms. The standard InChI is InChI=1S/C18H20N2O5S/c1-4-25-18(22)13-8-10-16(11-9-13)26(23,24)19-15-7-5-6-14(12-15)17(21)20(2)3/h5-12,19H,4H2,1-3H3. The Labute approximate surface area is 152 Å². The van der Waals surface area contributed by atoms with Gasteiger partial charge in [-0.2, -0.15) is 0 Å². The summed E-state index contributed by atoms with van der Waals surface area (Å²) in [6.07, 6.45) is 0. The van der Waals surface area contributed by atoms with Crippen LogP contribution >= 0.6 is 0 Å². The molecular formula is C18H20N2O5S. The predicted octanol–water partition coefficient (Wildman–Crippen LogP) is 2.37. The second kappa shape index (κ2) is 8.01. The van der Waals surface area contributed by atoms with Crippen molar-refractivity contribution >= 4 is 27.6 Å². The maximum Gasteiger partial charge on any atom is 0.338 e. The molecule has 0 aromatic heterocycles. The lowest BCUT2D eigenvalue weighted by atomic mass is 10.2. The van der Waals surface area contributed by atoms with Crippen molar-refractivity contribution in [2.45, 2.75) is 11.8 Å². The van der Waals surface area contributed by atoms with Crippen LogP contribution in [-0.2, 0) is 14.8 Å². The molecule has 2 rings (SSSR count). The summed E-state index contributed by atoms with van der Waals surface area (Å²) < 4.78 is 32.3. The fourth-order valence-corrected chi connectivity index (χ4v) is 3.22. The van der Waals surface area contributed by atoms with Crippen LogP contribution < -0.4 is 4.72 Å². The van der Waals surface area contributed by atoms with E-state index in [1.54, 1.807) is 39.2 Å². The first-order chi connectivity index (χ1) is 12.2. The zero-order valence-corrected chi connectivity index (χ0v) is 15.5. The van der Waals surface area contributed by atoms with E-state index < -0.39 is 16.0 Å². The first kappa shape index (κ1) is 19.5. The van der Waals surface area contributed by atoms with Crippen LogP contribution in [0.4, 0.5) is 5.69 Å². The maximum absolute atomic E-state index is 12.5. The number of esters is 1. The van der Waals surface area contributed by atoms with E-state index in [9.17, 15) is 18.0 Å². The zero-order chi connectivity index (χ0) is 19.3. The van der Waals surface area contributed by atoms with Crippen LogP contribution in [0.2, 0.25) is 0 Å². The fraction of sp³-hybridized carbons (Fsp3) is 0.222. The Hall–Kier alpha value is -2.87. The van der Waals surface area contributed by atoms with E-state index >= 15 is 0 Å². The summed E-state index contributed by atoms with van der Waals surface area (Å²) >= 11 is 0. The highest BCUT2D eigenvalue weighted by Gasteiger charge is 2.17. The second-order valence-corrected chi connectivity index (χ2v) is 7.31. The number of nitrogens with zero attached hydrogens (tertiary/aromatic N) is 1. The molecule has 0 saturated heterocycles. The molecule has 26 heavy (non-hydrogen) atoms. The van der Waals surface area contributed by atoms with Crippen molar-refractivity contribution < 1.29 is 22.7 Å². The lowest BCUT2D eigenvalue weighted by molar-refractivity contribution is 0.0526. The summed E-state index contributed by atoms with van der Waals surface area (Å²) in [6, 6.07) is 11.6. The van der Waals surface area contributed by atoms with Crippen LogP contribution in [0.3, 0.4) is 0 Å². The number of carbonyl (C=O) groups excluding carboxylic acids is 2. The molecule has 138 valence electrons. The van der Waals surface area contributed by atoms with Crippen molar-refractivity contribution in [3.8, 4) is 0 Å². The largest absolute Gasteiger partial charge is 0.462 e. The van der Waals surface area contributed by atoms with Gasteiger partial charge in [-0.05, 0) is 49.4 Å². The Balaban J connectivity index is 2.22. The summed E-state index contributed by atoms with van der Waals surface area (Å²) in [6.45, 7) is 1.93. The summed E-state index contributed by atoms with van der Waals surface area (Å²) in [7, 11) is -0.627. The summed E-state index contributed by atoms with van der Waals surface area (Å²) in [5.41, 5.74) is 0.907. The Morgan fingerprint density at radius 2 is 1.69 bits per heavy atom. The van der Waals surface area contributed by atoms with Crippen LogP contribution in [0.25, 0.3) is 0 Å². The third-order valence-electron chi connectivity index (χ3n) is 3.44. The molecule has 0 radical (unpaired) electrons. The van der Waals surface area contributed by atoms with Gasteiger partial charge in [0.15, 0.2) is 0 Å². The minimum atomic E-state index is -3.86. The Morgan fingerprint density at radius 3 is 2.27 bits per heavy atom. The van der Waals surface area contributed by atoms with Gasteiger partial charge in [0.05, 0.1) is 17.1 Å². The van der Waals surface area contributed by atoms with E-state index in [1.807, 2.05) is 0 Å². The number of sulfonamides is 1. The number of nitrogens with one attached hydrogen (secondary N) is 1. The van der Waals surface area contributed by atoms with Crippen LogP contribution in [-0.4, -0.2) is 45.9 Å². The number of amides is 1. The lowest BCUT2D eigenvalue weighted by Crippen LogP contribution is -2.22. The highest BCUT2D eigenvalue weighted by Crippen LogP contribution is 2.18. The van der Waals surface area contributed by atoms with Crippen molar-refractivity contribution in [1.29, 1.82) is 0 Å². The molecule has 0 atom stereocenters. The van der Waals surface area contributed by atoms with Gasteiger partial charge in [0.2, 0.25) is 0 Å². The first-order valence-corrected chi connectivity index (χ1v) is 9.34. The summed E-state index contributed by atoms with van der Waals surface area (Å²) in [5, 5.41) is 0. The normalized spacial score (nSPS) is 10.9. The molecule has 0 unspecified atom stereocenters. The predicted molar refractivity (Wildman–Crippen MR) is 97.7 cm³/mol. The van der Waals surface area contributed by atoms with E-state index in [0.717, 1.165) is 0 Å². The Bertz CT molecular complexity index is 905. The van der Waals surface area contributed by atoms with Gasteiger partial charge in [0.1, 0.15) is 0 Å². The van der Waals surface area contributed by atoms with E-state index in [0.29, 0.717) is 5.56 Å². The highest BCUT2D eigenvalue weighted by atomic mass is 32.2. The zero-order valence-electron chi connectivity index (χ0n) is 14.7. The van der Waals surface area contributed by atoms with Crippen LogP contribution in [0, 0.1) is 0 Å². The van der Waals surface area contributed by atoms with Gasteiger partial charge in [-0.15, -0.1) is 0 Å². The fourth-order valence-electron chi connectivity index (χ4n) is 2.17. The summed E-state index contributed by atoms with van der Waals surface area (Å²) in [5.74, 6) is -0.746. The van der Waals surface area contributed by atoms with E-state index in [1.165, 1.54) is 35.2 Å². The monoisotopic (exact) mass is 376 g/mol. The smallest absolute Gasteiger partial charge is 0.338 e. The van der Waals surface area contributed by atoms with E-state index in [4.69, 9.17) is 4.74 Å². The number of hydrogen-bond acceptors (Lipinski definition) is 5. The number of anilines is 1. The minimum absolute atomic E-state index is 0.00473. The van der Waals surface area contributed by atoms with Crippen molar-refractivity contribution in [1.82, 2.24) is 4.90 Å². The minimum Gasteiger partial charge on any atom is -0.462 e. The van der Waals surface area contributed by atoms with Gasteiger partial charge in [-0.3, -0.25) is 9.52 Å². The van der Waals surface area contributed by atoms with Gasteiger partial charge in [0.25, 0.3) is 15.9 Å². The molecule has 8 heteroatoms. The molecule has 1 N–H and O–H groups in total. The first-order valence-electron chi connectivity index (χ1n) is 7.86. The van der Waals surface area contributed by atoms with E-state index in [2.05, 4.69) is 4.72 Å². The third kappa shape index (κ3) is 4.60. The molecule has 7 nitrogen and oxygen atoms in total. The quantitative estimate of drug-likeness (QED) is 0.782. The van der Waals surface area contributed by atoms with Gasteiger partial charge >= 0.3 is 5.97 Å². The molecule has 0 spiro atoms. The molecule has 0 fully saturated rings. The third-order valence-corrected chi connectivity index (χ3v) is 4.84. The average molecular weight is 376 g/mol. The topological polar surface area (TPSA) is 92.8 Å². The SMILES string of the molecule is CCOC(=O)c1ccc(S(=O)(=O)Nc2cccc(C(=O)N(C)C)c2)cc1. The molecule has 0 heterocycles. The number of carbonyl (C=O) groups is 2. The molecule has 2 aromatic carbocycles. The average Bonchev–Trinajstić information content (AvgIpc) is 2.61. The molecule has 0 saturated carbocycles. The van der Waals surface area contributed by atoms with Gasteiger partial charge in [-0.1, -0.05) is 6.07 Å². The van der Waals surface area contributed by atoms with Gasteiger partial charge < -0.3 is 9.64 Å². The molecule has 1 amide bonds. The van der Waals surface area contributed by atoms with Gasteiger partial charge in [0, 0.05) is 25.3 Å². The Kier molecular flexibility index (Phi) is 5.99. The van der Waals surface area contributed by atoms with Crippen molar-refractivity contribution in [2.24, 2.45) is 0 Å². The van der Waals surface area contributed by atoms with Crippen molar-refractivity contribution in [3.05, 3.63) is 59.7 Å². The van der Waals surface area contributed by atoms with Crippen molar-refractivity contribution in [3.63, 3.8) is 0 Å². The van der Waals surface area contributed by atoms with Crippen LogP contribution in [0.15, 0.2) is 53.4 Å². The number of rotatable bonds is 6. The molecule has 0 aliphatic carbocycles. The number of hydrogen-bond donors (Lipinski definition) is 1. The van der Waals surface area contributed by atoms with Gasteiger partial charge in [-0.25, -0.2) is 13.2 Å². The molecule has 0 aliphatic rings. The molecular weight excluding hydrogens is 356 g/mol. The van der Waals surface area contributed by atoms with Crippen LogP contribution in [0.5, 0.6) is 0 Å². The molecule has 2 aromatic rings. The summed E-state index contributed by atoms with van der Waals surface area (Å²) in [4.78, 5) is 25.0. The molecule has 0 aliphatic heterocycles. The maximum atomic E-state index is 12.5. The Morgan fingerprint density at radius 1 is 1.04 bits per heavy atom.